The van der Waals surface area contributed by atoms with Crippen LogP contribution in [0.4, 0.5) is 11.4 Å². The number of amides is 1. The number of anilines is 2. The van der Waals surface area contributed by atoms with Crippen molar-refractivity contribution in [2.45, 2.75) is 19.3 Å². The SMILES string of the molecule is Nc1ccccc1NC(=O)CCOCC1CC1. The van der Waals surface area contributed by atoms with Crippen LogP contribution in [0.5, 0.6) is 0 Å². The van der Waals surface area contributed by atoms with Crippen molar-refractivity contribution in [3.05, 3.63) is 24.3 Å². The molecule has 3 N–H and O–H groups in total. The maximum Gasteiger partial charge on any atom is 0.226 e. The molecule has 1 aliphatic carbocycles. The number of rotatable bonds is 6. The molecule has 0 saturated heterocycles. The molecule has 1 fully saturated rings. The number of nitrogens with two attached hydrogens (primary N) is 1. The average Bonchev–Trinajstić information content (AvgIpc) is 3.12. The molecule has 0 aliphatic heterocycles. The first-order valence-electron chi connectivity index (χ1n) is 5.98. The monoisotopic (exact) mass is 234 g/mol. The zero-order valence-electron chi connectivity index (χ0n) is 9.82. The zero-order chi connectivity index (χ0) is 12.1. The summed E-state index contributed by atoms with van der Waals surface area (Å²) in [5.41, 5.74) is 6.98. The van der Waals surface area contributed by atoms with E-state index in [1.165, 1.54) is 12.8 Å². The van der Waals surface area contributed by atoms with Crippen molar-refractivity contribution in [2.24, 2.45) is 5.92 Å². The third-order valence-electron chi connectivity index (χ3n) is 2.76. The predicted octanol–water partition coefficient (Wildman–Crippen LogP) is 2.02. The summed E-state index contributed by atoms with van der Waals surface area (Å²) in [6.07, 6.45) is 2.92. The number of nitrogen functional groups attached to an aromatic ring is 1. The maximum atomic E-state index is 11.6. The van der Waals surface area contributed by atoms with Crippen molar-refractivity contribution in [2.75, 3.05) is 24.3 Å². The van der Waals surface area contributed by atoms with Gasteiger partial charge in [0.15, 0.2) is 0 Å². The Morgan fingerprint density at radius 3 is 2.88 bits per heavy atom. The lowest BCUT2D eigenvalue weighted by Gasteiger charge is -2.07. The van der Waals surface area contributed by atoms with Gasteiger partial charge in [0.2, 0.25) is 5.91 Å². The lowest BCUT2D eigenvalue weighted by Crippen LogP contribution is -2.15. The third kappa shape index (κ3) is 4.07. The van der Waals surface area contributed by atoms with E-state index in [0.717, 1.165) is 12.5 Å². The van der Waals surface area contributed by atoms with Gasteiger partial charge >= 0.3 is 0 Å². The van der Waals surface area contributed by atoms with E-state index in [-0.39, 0.29) is 5.91 Å². The van der Waals surface area contributed by atoms with E-state index in [4.69, 9.17) is 10.5 Å². The highest BCUT2D eigenvalue weighted by atomic mass is 16.5. The number of nitrogens with one attached hydrogen (secondary N) is 1. The van der Waals surface area contributed by atoms with Gasteiger partial charge in [-0.1, -0.05) is 12.1 Å². The number of carbonyl (C=O) groups excluding carboxylic acids is 1. The van der Waals surface area contributed by atoms with Gasteiger partial charge < -0.3 is 15.8 Å². The fraction of sp³-hybridized carbons (Fsp3) is 0.462. The van der Waals surface area contributed by atoms with Gasteiger partial charge in [0.1, 0.15) is 0 Å². The smallest absolute Gasteiger partial charge is 0.226 e. The molecule has 0 aromatic heterocycles. The van der Waals surface area contributed by atoms with Gasteiger partial charge in [-0.3, -0.25) is 4.79 Å². The van der Waals surface area contributed by atoms with Gasteiger partial charge in [-0.15, -0.1) is 0 Å². The number of hydrogen-bond donors (Lipinski definition) is 2. The van der Waals surface area contributed by atoms with Crippen molar-refractivity contribution in [1.29, 1.82) is 0 Å². The summed E-state index contributed by atoms with van der Waals surface area (Å²) in [5.74, 6) is 0.682. The van der Waals surface area contributed by atoms with E-state index in [9.17, 15) is 4.79 Å². The van der Waals surface area contributed by atoms with Gasteiger partial charge in [0.25, 0.3) is 0 Å². The summed E-state index contributed by atoms with van der Waals surface area (Å²) in [6.45, 7) is 1.27. The normalized spacial score (nSPS) is 14.6. The average molecular weight is 234 g/mol. The summed E-state index contributed by atoms with van der Waals surface area (Å²) in [5, 5.41) is 2.77. The number of carbonyl (C=O) groups is 1. The first-order chi connectivity index (χ1) is 8.25. The molecule has 1 amide bonds. The molecule has 0 unspecified atom stereocenters. The minimum Gasteiger partial charge on any atom is -0.397 e. The van der Waals surface area contributed by atoms with Crippen molar-refractivity contribution in [1.82, 2.24) is 0 Å². The molecule has 4 nitrogen and oxygen atoms in total. The van der Waals surface area contributed by atoms with Crippen molar-refractivity contribution >= 4 is 17.3 Å². The topological polar surface area (TPSA) is 64.3 Å². The Kier molecular flexibility index (Phi) is 3.98. The van der Waals surface area contributed by atoms with Crippen LogP contribution < -0.4 is 11.1 Å². The first kappa shape index (κ1) is 11.9. The van der Waals surface area contributed by atoms with Crippen LogP contribution in [0.3, 0.4) is 0 Å². The summed E-state index contributed by atoms with van der Waals surface area (Å²) in [4.78, 5) is 11.6. The van der Waals surface area contributed by atoms with Crippen LogP contribution in [-0.2, 0) is 9.53 Å². The second-order valence-corrected chi connectivity index (χ2v) is 4.40. The molecule has 0 bridgehead atoms. The summed E-state index contributed by atoms with van der Waals surface area (Å²) >= 11 is 0. The second kappa shape index (κ2) is 5.68. The fourth-order valence-electron chi connectivity index (χ4n) is 1.52. The molecule has 92 valence electrons. The van der Waals surface area contributed by atoms with Gasteiger partial charge in [-0.2, -0.15) is 0 Å². The molecule has 1 aromatic rings. The lowest BCUT2D eigenvalue weighted by atomic mass is 10.2. The molecule has 0 spiro atoms. The van der Waals surface area contributed by atoms with E-state index in [1.807, 2.05) is 12.1 Å². The Bertz CT molecular complexity index is 389. The number of para-hydroxylation sites is 2. The summed E-state index contributed by atoms with van der Waals surface area (Å²) < 4.78 is 5.40. The third-order valence-corrected chi connectivity index (χ3v) is 2.76. The van der Waals surface area contributed by atoms with Crippen molar-refractivity contribution in [3.8, 4) is 0 Å². The zero-order valence-corrected chi connectivity index (χ0v) is 9.82. The molecule has 2 rings (SSSR count). The Morgan fingerprint density at radius 2 is 2.18 bits per heavy atom. The molecule has 1 aliphatic rings. The Hall–Kier alpha value is -1.55. The standard InChI is InChI=1S/C13H18N2O2/c14-11-3-1-2-4-12(11)15-13(16)7-8-17-9-10-5-6-10/h1-4,10H,5-9,14H2,(H,15,16). The highest BCUT2D eigenvalue weighted by molar-refractivity contribution is 5.93. The molecule has 4 heteroatoms. The van der Waals surface area contributed by atoms with E-state index in [0.29, 0.717) is 24.4 Å². The fourth-order valence-corrected chi connectivity index (χ4v) is 1.52. The van der Waals surface area contributed by atoms with Crippen LogP contribution in [0.25, 0.3) is 0 Å². The van der Waals surface area contributed by atoms with E-state index < -0.39 is 0 Å². The van der Waals surface area contributed by atoms with Crippen LogP contribution >= 0.6 is 0 Å². The quantitative estimate of drug-likeness (QED) is 0.584. The molecule has 0 radical (unpaired) electrons. The molecule has 17 heavy (non-hydrogen) atoms. The van der Waals surface area contributed by atoms with Crippen molar-refractivity contribution in [3.63, 3.8) is 0 Å². The molecule has 1 aromatic carbocycles. The maximum absolute atomic E-state index is 11.6. The van der Waals surface area contributed by atoms with Crippen molar-refractivity contribution < 1.29 is 9.53 Å². The van der Waals surface area contributed by atoms with Crippen LogP contribution in [0.1, 0.15) is 19.3 Å². The minimum atomic E-state index is -0.0568. The first-order valence-corrected chi connectivity index (χ1v) is 5.98. The highest BCUT2D eigenvalue weighted by Gasteiger charge is 2.21. The van der Waals surface area contributed by atoms with E-state index >= 15 is 0 Å². The molecule has 0 atom stereocenters. The number of hydrogen-bond acceptors (Lipinski definition) is 3. The van der Waals surface area contributed by atoms with Crippen LogP contribution in [0.15, 0.2) is 24.3 Å². The molecule has 1 saturated carbocycles. The van der Waals surface area contributed by atoms with Crippen LogP contribution in [0, 0.1) is 5.92 Å². The Labute approximate surface area is 101 Å². The molecular formula is C13H18N2O2. The number of benzene rings is 1. The van der Waals surface area contributed by atoms with Gasteiger partial charge in [-0.05, 0) is 30.9 Å². The highest BCUT2D eigenvalue weighted by Crippen LogP contribution is 2.28. The molecule has 0 heterocycles. The largest absolute Gasteiger partial charge is 0.397 e. The van der Waals surface area contributed by atoms with Gasteiger partial charge in [0.05, 0.1) is 24.4 Å². The van der Waals surface area contributed by atoms with Crippen LogP contribution in [-0.4, -0.2) is 19.1 Å². The van der Waals surface area contributed by atoms with Gasteiger partial charge in [0, 0.05) is 6.61 Å². The summed E-state index contributed by atoms with van der Waals surface area (Å²) in [7, 11) is 0. The lowest BCUT2D eigenvalue weighted by molar-refractivity contribution is -0.117. The Morgan fingerprint density at radius 1 is 1.41 bits per heavy atom. The second-order valence-electron chi connectivity index (χ2n) is 4.40. The molecular weight excluding hydrogens is 216 g/mol. The van der Waals surface area contributed by atoms with E-state index in [2.05, 4.69) is 5.32 Å². The number of ether oxygens (including phenoxy) is 1. The van der Waals surface area contributed by atoms with E-state index in [1.54, 1.807) is 12.1 Å². The predicted molar refractivity (Wildman–Crippen MR) is 67.6 cm³/mol. The minimum absolute atomic E-state index is 0.0568. The summed E-state index contributed by atoms with van der Waals surface area (Å²) in [6, 6.07) is 7.23. The van der Waals surface area contributed by atoms with Crippen LogP contribution in [0.2, 0.25) is 0 Å². The Balaban J connectivity index is 1.67. The van der Waals surface area contributed by atoms with Gasteiger partial charge in [-0.25, -0.2) is 0 Å².